The molecule has 0 aliphatic rings. The first-order chi connectivity index (χ1) is 3.91. The normalized spacial score (nSPS) is 8.67. The fourth-order valence-electron chi connectivity index (χ4n) is 0.698. The number of hydrogen-bond donors (Lipinski definition) is 0. The van der Waals surface area contributed by atoms with E-state index in [0.29, 0.717) is 0 Å². The Morgan fingerprint density at radius 2 is 1.56 bits per heavy atom. The molecule has 0 spiro atoms. The van der Waals surface area contributed by atoms with Crippen LogP contribution in [0.3, 0.4) is 0 Å². The van der Waals surface area contributed by atoms with E-state index in [2.05, 4.69) is 22.9 Å². The molecule has 58 valence electrons. The highest BCUT2D eigenvalue weighted by molar-refractivity contribution is 9.09. The van der Waals surface area contributed by atoms with Gasteiger partial charge in [-0.1, -0.05) is 48.5 Å². The smallest absolute Gasteiger partial charge is 0.00313 e. The summed E-state index contributed by atoms with van der Waals surface area (Å²) in [5.74, 6) is 0. The number of alkyl halides is 1. The Labute approximate surface area is 72.9 Å². The van der Waals surface area contributed by atoms with Crippen LogP contribution in [0.15, 0.2) is 0 Å². The van der Waals surface area contributed by atoms with Crippen molar-refractivity contribution < 1.29 is 0 Å². The first-order valence-electron chi connectivity index (χ1n) is 3.47. The molecule has 2 heteroatoms. The molecule has 0 radical (unpaired) electrons. The lowest BCUT2D eigenvalue weighted by Crippen LogP contribution is -1.76. The van der Waals surface area contributed by atoms with Crippen LogP contribution in [0.2, 0.25) is 0 Å². The van der Waals surface area contributed by atoms with Crippen LogP contribution in [0.25, 0.3) is 0 Å². The van der Waals surface area contributed by atoms with Crippen molar-refractivity contribution >= 4 is 28.3 Å². The van der Waals surface area contributed by atoms with Gasteiger partial charge >= 0.3 is 0 Å². The lowest BCUT2D eigenvalue weighted by molar-refractivity contribution is 0.660. The SMILES string of the molecule is CCCCCCCBr.Cl. The van der Waals surface area contributed by atoms with Crippen molar-refractivity contribution in [2.75, 3.05) is 5.33 Å². The summed E-state index contributed by atoms with van der Waals surface area (Å²) in [5.41, 5.74) is 0. The molecule has 0 aliphatic heterocycles. The quantitative estimate of drug-likeness (QED) is 0.484. The minimum absolute atomic E-state index is 0. The molecule has 0 saturated carbocycles. The molecule has 0 N–H and O–H groups in total. The molecule has 0 aromatic heterocycles. The van der Waals surface area contributed by atoms with Gasteiger partial charge in [-0.3, -0.25) is 0 Å². The van der Waals surface area contributed by atoms with Crippen LogP contribution >= 0.6 is 28.3 Å². The zero-order valence-electron chi connectivity index (χ0n) is 6.03. The summed E-state index contributed by atoms with van der Waals surface area (Å²) in [6.45, 7) is 2.24. The zero-order valence-corrected chi connectivity index (χ0v) is 8.43. The van der Waals surface area contributed by atoms with E-state index >= 15 is 0 Å². The maximum absolute atomic E-state index is 3.40. The van der Waals surface area contributed by atoms with Gasteiger partial charge in [-0.25, -0.2) is 0 Å². The molecule has 0 saturated heterocycles. The van der Waals surface area contributed by atoms with E-state index in [0.717, 1.165) is 0 Å². The second-order valence-corrected chi connectivity index (χ2v) is 2.90. The average molecular weight is 216 g/mol. The van der Waals surface area contributed by atoms with Gasteiger partial charge in [0.2, 0.25) is 0 Å². The van der Waals surface area contributed by atoms with Crippen LogP contribution in [0.5, 0.6) is 0 Å². The largest absolute Gasteiger partial charge is 0.147 e. The van der Waals surface area contributed by atoms with E-state index in [1.54, 1.807) is 0 Å². The van der Waals surface area contributed by atoms with Crippen molar-refractivity contribution in [2.24, 2.45) is 0 Å². The Morgan fingerprint density at radius 3 is 2.00 bits per heavy atom. The Hall–Kier alpha value is 0.770. The Kier molecular flexibility index (Phi) is 16.0. The van der Waals surface area contributed by atoms with E-state index in [1.165, 1.54) is 37.4 Å². The maximum atomic E-state index is 3.40. The Balaban J connectivity index is 0. The van der Waals surface area contributed by atoms with Crippen molar-refractivity contribution in [3.05, 3.63) is 0 Å². The third-order valence-electron chi connectivity index (χ3n) is 1.24. The molecule has 0 unspecified atom stereocenters. The highest BCUT2D eigenvalue weighted by Crippen LogP contribution is 2.03. The number of halogens is 2. The van der Waals surface area contributed by atoms with Gasteiger partial charge in [-0.05, 0) is 6.42 Å². The summed E-state index contributed by atoms with van der Waals surface area (Å²) < 4.78 is 0. The van der Waals surface area contributed by atoms with Crippen molar-refractivity contribution in [2.45, 2.75) is 39.0 Å². The van der Waals surface area contributed by atoms with Crippen molar-refractivity contribution in [3.63, 3.8) is 0 Å². The predicted octanol–water partition coefficient (Wildman–Crippen LogP) is 3.77. The van der Waals surface area contributed by atoms with Crippen LogP contribution in [0.1, 0.15) is 39.0 Å². The molecule has 0 amide bonds. The van der Waals surface area contributed by atoms with E-state index in [9.17, 15) is 0 Å². The van der Waals surface area contributed by atoms with Gasteiger partial charge in [0, 0.05) is 5.33 Å². The minimum atomic E-state index is 0. The monoisotopic (exact) mass is 214 g/mol. The van der Waals surface area contributed by atoms with Crippen LogP contribution < -0.4 is 0 Å². The van der Waals surface area contributed by atoms with Crippen LogP contribution in [-0.2, 0) is 0 Å². The lowest BCUT2D eigenvalue weighted by atomic mass is 10.2. The van der Waals surface area contributed by atoms with Crippen LogP contribution in [-0.4, -0.2) is 5.33 Å². The Bertz CT molecular complexity index is 33.9. The molecule has 0 atom stereocenters. The minimum Gasteiger partial charge on any atom is -0.147 e. The fourth-order valence-corrected chi connectivity index (χ4v) is 1.09. The summed E-state index contributed by atoms with van der Waals surface area (Å²) in [4.78, 5) is 0. The molecule has 0 heterocycles. The van der Waals surface area contributed by atoms with Gasteiger partial charge in [-0.15, -0.1) is 12.4 Å². The first-order valence-corrected chi connectivity index (χ1v) is 4.60. The lowest BCUT2D eigenvalue weighted by Gasteiger charge is -1.93. The number of rotatable bonds is 5. The molecular formula is C7H16BrCl. The van der Waals surface area contributed by atoms with Crippen molar-refractivity contribution in [1.82, 2.24) is 0 Å². The van der Waals surface area contributed by atoms with Gasteiger partial charge in [0.05, 0.1) is 0 Å². The summed E-state index contributed by atoms with van der Waals surface area (Å²) >= 11 is 3.40. The van der Waals surface area contributed by atoms with Crippen LogP contribution in [0, 0.1) is 0 Å². The standard InChI is InChI=1S/C7H15Br.ClH/c1-2-3-4-5-6-7-8;/h2-7H2,1H3;1H. The van der Waals surface area contributed by atoms with Crippen molar-refractivity contribution in [1.29, 1.82) is 0 Å². The molecule has 9 heavy (non-hydrogen) atoms. The molecule has 0 aromatic rings. The average Bonchev–Trinajstić information content (AvgIpc) is 1.81. The highest BCUT2D eigenvalue weighted by Gasteiger charge is 1.84. The molecule has 0 nitrogen and oxygen atoms in total. The van der Waals surface area contributed by atoms with Gasteiger partial charge in [0.15, 0.2) is 0 Å². The summed E-state index contributed by atoms with van der Waals surface area (Å²) in [5, 5.41) is 1.18. The summed E-state index contributed by atoms with van der Waals surface area (Å²) in [6, 6.07) is 0. The summed E-state index contributed by atoms with van der Waals surface area (Å²) in [6.07, 6.45) is 6.93. The molecule has 0 fully saturated rings. The van der Waals surface area contributed by atoms with Gasteiger partial charge < -0.3 is 0 Å². The van der Waals surface area contributed by atoms with E-state index < -0.39 is 0 Å². The predicted molar refractivity (Wildman–Crippen MR) is 49.8 cm³/mol. The van der Waals surface area contributed by atoms with Crippen molar-refractivity contribution in [3.8, 4) is 0 Å². The molecule has 0 rings (SSSR count). The van der Waals surface area contributed by atoms with Gasteiger partial charge in [0.25, 0.3) is 0 Å². The molecule has 0 aliphatic carbocycles. The third kappa shape index (κ3) is 12.1. The number of unbranched alkanes of at least 4 members (excludes halogenated alkanes) is 4. The van der Waals surface area contributed by atoms with Gasteiger partial charge in [-0.2, -0.15) is 0 Å². The molecular weight excluding hydrogens is 199 g/mol. The van der Waals surface area contributed by atoms with E-state index in [1.807, 2.05) is 0 Å². The molecule has 0 bridgehead atoms. The Morgan fingerprint density at radius 1 is 1.00 bits per heavy atom. The zero-order chi connectivity index (χ0) is 6.24. The number of hydrogen-bond acceptors (Lipinski definition) is 0. The summed E-state index contributed by atoms with van der Waals surface area (Å²) in [7, 11) is 0. The van der Waals surface area contributed by atoms with E-state index in [4.69, 9.17) is 0 Å². The fraction of sp³-hybridized carbons (Fsp3) is 1.00. The van der Waals surface area contributed by atoms with E-state index in [-0.39, 0.29) is 12.4 Å². The van der Waals surface area contributed by atoms with Gasteiger partial charge in [0.1, 0.15) is 0 Å². The second kappa shape index (κ2) is 11.6. The molecule has 0 aromatic carbocycles. The first kappa shape index (κ1) is 12.4. The highest BCUT2D eigenvalue weighted by atomic mass is 79.9. The second-order valence-electron chi connectivity index (χ2n) is 2.10. The topological polar surface area (TPSA) is 0 Å². The maximum Gasteiger partial charge on any atom is 0.00313 e. The third-order valence-corrected chi connectivity index (χ3v) is 1.80. The van der Waals surface area contributed by atoms with Crippen LogP contribution in [0.4, 0.5) is 0 Å².